The summed E-state index contributed by atoms with van der Waals surface area (Å²) in [7, 11) is 0. The molecule has 1 aliphatic heterocycles. The maximum Gasteiger partial charge on any atom is 0.237 e. The van der Waals surface area contributed by atoms with Crippen molar-refractivity contribution in [2.75, 3.05) is 0 Å². The topological polar surface area (TPSA) is 55.1 Å². The Labute approximate surface area is 134 Å². The number of carbonyl (C=O) groups is 1. The van der Waals surface area contributed by atoms with E-state index in [-0.39, 0.29) is 11.7 Å². The number of nitrogens with zero attached hydrogens (tertiary/aromatic N) is 2. The van der Waals surface area contributed by atoms with E-state index in [1.807, 2.05) is 30.3 Å². The lowest BCUT2D eigenvalue weighted by Gasteiger charge is -2.14. The van der Waals surface area contributed by atoms with Gasteiger partial charge in [0.2, 0.25) is 5.88 Å². The van der Waals surface area contributed by atoms with E-state index < -0.39 is 0 Å². The Hall–Kier alpha value is -2.62. The number of imidazole rings is 1. The summed E-state index contributed by atoms with van der Waals surface area (Å²) in [6.07, 6.45) is 9.44. The second kappa shape index (κ2) is 5.54. The third-order valence-corrected chi connectivity index (χ3v) is 4.56. The molecular weight excluding hydrogens is 288 g/mol. The van der Waals surface area contributed by atoms with Crippen molar-refractivity contribution in [3.63, 3.8) is 0 Å². The Morgan fingerprint density at radius 3 is 2.91 bits per heavy atom. The van der Waals surface area contributed by atoms with Gasteiger partial charge in [-0.2, -0.15) is 4.98 Å². The monoisotopic (exact) mass is 306 g/mol. The van der Waals surface area contributed by atoms with Gasteiger partial charge >= 0.3 is 0 Å². The molecule has 0 radical (unpaired) electrons. The summed E-state index contributed by atoms with van der Waals surface area (Å²) >= 11 is 0. The highest BCUT2D eigenvalue weighted by Gasteiger charge is 2.21. The molecular formula is C19H18N2O2. The zero-order valence-electron chi connectivity index (χ0n) is 12.8. The van der Waals surface area contributed by atoms with E-state index in [0.717, 1.165) is 42.8 Å². The number of benzene rings is 1. The van der Waals surface area contributed by atoms with Crippen LogP contribution in [0.5, 0.6) is 5.88 Å². The van der Waals surface area contributed by atoms with Crippen molar-refractivity contribution < 1.29 is 9.90 Å². The van der Waals surface area contributed by atoms with Crippen LogP contribution in [0.2, 0.25) is 0 Å². The molecule has 0 amide bonds. The molecule has 1 N–H and O–H groups in total. The maximum atomic E-state index is 12.4. The van der Waals surface area contributed by atoms with E-state index in [4.69, 9.17) is 0 Å². The molecule has 0 atom stereocenters. The van der Waals surface area contributed by atoms with E-state index in [9.17, 15) is 9.90 Å². The Balaban J connectivity index is 1.86. The minimum Gasteiger partial charge on any atom is -0.492 e. The summed E-state index contributed by atoms with van der Waals surface area (Å²) in [6, 6.07) is 7.82. The quantitative estimate of drug-likeness (QED) is 0.821. The first-order valence-corrected chi connectivity index (χ1v) is 8.06. The van der Waals surface area contributed by atoms with Crippen LogP contribution in [0.25, 0.3) is 17.7 Å². The van der Waals surface area contributed by atoms with Crippen LogP contribution in [-0.2, 0) is 17.8 Å². The van der Waals surface area contributed by atoms with Crippen LogP contribution in [0.1, 0.15) is 41.9 Å². The SMILES string of the molecule is O=C1C=Cc2ccccc2C1=Cc1c(O)nc2n1CCCCC2. The van der Waals surface area contributed by atoms with Crippen molar-refractivity contribution in [1.82, 2.24) is 9.55 Å². The van der Waals surface area contributed by atoms with Crippen molar-refractivity contribution in [2.45, 2.75) is 32.2 Å². The highest BCUT2D eigenvalue weighted by Crippen LogP contribution is 2.32. The molecule has 2 heterocycles. The summed E-state index contributed by atoms with van der Waals surface area (Å²) in [4.78, 5) is 16.7. The highest BCUT2D eigenvalue weighted by molar-refractivity contribution is 6.33. The van der Waals surface area contributed by atoms with Gasteiger partial charge in [0.05, 0.1) is 0 Å². The van der Waals surface area contributed by atoms with Crippen molar-refractivity contribution >= 4 is 23.5 Å². The van der Waals surface area contributed by atoms with Gasteiger partial charge in [-0.25, -0.2) is 0 Å². The van der Waals surface area contributed by atoms with Crippen LogP contribution in [0, 0.1) is 0 Å². The number of allylic oxidation sites excluding steroid dienone is 2. The molecule has 1 aromatic heterocycles. The lowest BCUT2D eigenvalue weighted by Crippen LogP contribution is -2.07. The second-order valence-corrected chi connectivity index (χ2v) is 6.04. The largest absolute Gasteiger partial charge is 0.492 e. The van der Waals surface area contributed by atoms with Crippen molar-refractivity contribution in [3.8, 4) is 5.88 Å². The standard InChI is InChI=1S/C19H18N2O2/c22-17-10-9-13-6-3-4-7-14(13)15(17)12-16-19(23)20-18-8-2-1-5-11-21(16)18/h3-4,6-7,9-10,12,23H,1-2,5,8,11H2. The molecule has 4 heteroatoms. The van der Waals surface area contributed by atoms with Crippen LogP contribution in [0.15, 0.2) is 30.3 Å². The molecule has 0 bridgehead atoms. The zero-order valence-corrected chi connectivity index (χ0v) is 12.8. The molecule has 1 aliphatic carbocycles. The van der Waals surface area contributed by atoms with Gasteiger partial charge in [0, 0.05) is 18.5 Å². The number of carbonyl (C=O) groups excluding carboxylic acids is 1. The van der Waals surface area contributed by atoms with Gasteiger partial charge in [-0.15, -0.1) is 0 Å². The third-order valence-electron chi connectivity index (χ3n) is 4.56. The highest BCUT2D eigenvalue weighted by atomic mass is 16.3. The molecule has 2 aliphatic rings. The number of aromatic nitrogens is 2. The van der Waals surface area contributed by atoms with Crippen molar-refractivity contribution in [1.29, 1.82) is 0 Å². The average molecular weight is 306 g/mol. The van der Waals surface area contributed by atoms with E-state index in [1.54, 1.807) is 12.2 Å². The Bertz CT molecular complexity index is 843. The van der Waals surface area contributed by atoms with Crippen molar-refractivity contribution in [3.05, 3.63) is 53.0 Å². The minimum absolute atomic E-state index is 0.0224. The van der Waals surface area contributed by atoms with Gasteiger partial charge < -0.3 is 9.67 Å². The Morgan fingerprint density at radius 1 is 1.13 bits per heavy atom. The fraction of sp³-hybridized carbons (Fsp3) is 0.263. The van der Waals surface area contributed by atoms with E-state index in [0.29, 0.717) is 11.3 Å². The molecule has 0 saturated carbocycles. The van der Waals surface area contributed by atoms with Gasteiger partial charge in [-0.3, -0.25) is 4.79 Å². The van der Waals surface area contributed by atoms with Gasteiger partial charge in [-0.1, -0.05) is 36.8 Å². The number of hydrogen-bond acceptors (Lipinski definition) is 3. The fourth-order valence-corrected chi connectivity index (χ4v) is 3.37. The van der Waals surface area contributed by atoms with Crippen LogP contribution in [0.4, 0.5) is 0 Å². The molecule has 4 nitrogen and oxygen atoms in total. The van der Waals surface area contributed by atoms with E-state index in [2.05, 4.69) is 9.55 Å². The van der Waals surface area contributed by atoms with Crippen LogP contribution in [-0.4, -0.2) is 20.4 Å². The van der Waals surface area contributed by atoms with Gasteiger partial charge in [0.25, 0.3) is 0 Å². The number of hydrogen-bond donors (Lipinski definition) is 1. The zero-order chi connectivity index (χ0) is 15.8. The molecule has 1 aromatic carbocycles. The van der Waals surface area contributed by atoms with Crippen LogP contribution >= 0.6 is 0 Å². The minimum atomic E-state index is -0.0349. The molecule has 0 unspecified atom stereocenters. The molecule has 4 rings (SSSR count). The number of aromatic hydroxyl groups is 1. The number of ketones is 1. The Kier molecular flexibility index (Phi) is 3.37. The third kappa shape index (κ3) is 2.40. The number of aryl methyl sites for hydroxylation is 1. The molecule has 0 saturated heterocycles. The van der Waals surface area contributed by atoms with Gasteiger partial charge in [0.1, 0.15) is 11.5 Å². The lowest BCUT2D eigenvalue weighted by atomic mass is 9.91. The predicted molar refractivity (Wildman–Crippen MR) is 89.8 cm³/mol. The van der Waals surface area contributed by atoms with Gasteiger partial charge in [-0.05, 0) is 36.1 Å². The molecule has 0 spiro atoms. The summed E-state index contributed by atoms with van der Waals surface area (Å²) < 4.78 is 2.06. The summed E-state index contributed by atoms with van der Waals surface area (Å²) in [5, 5.41) is 10.3. The predicted octanol–water partition coefficient (Wildman–Crippen LogP) is 3.45. The normalized spacial score (nSPS) is 18.6. The number of rotatable bonds is 1. The summed E-state index contributed by atoms with van der Waals surface area (Å²) in [6.45, 7) is 0.841. The van der Waals surface area contributed by atoms with Crippen molar-refractivity contribution in [2.24, 2.45) is 0 Å². The molecule has 116 valence electrons. The van der Waals surface area contributed by atoms with Crippen LogP contribution in [0.3, 0.4) is 0 Å². The first kappa shape index (κ1) is 14.0. The maximum absolute atomic E-state index is 12.4. The van der Waals surface area contributed by atoms with Crippen LogP contribution < -0.4 is 0 Å². The lowest BCUT2D eigenvalue weighted by molar-refractivity contribution is -0.109. The van der Waals surface area contributed by atoms with E-state index >= 15 is 0 Å². The number of fused-ring (bicyclic) bond motifs is 2. The Morgan fingerprint density at radius 2 is 2.00 bits per heavy atom. The summed E-state index contributed by atoms with van der Waals surface area (Å²) in [5.74, 6) is 0.903. The average Bonchev–Trinajstić information content (AvgIpc) is 2.73. The molecule has 2 aromatic rings. The smallest absolute Gasteiger partial charge is 0.237 e. The molecule has 0 fully saturated rings. The fourth-order valence-electron chi connectivity index (χ4n) is 3.37. The molecule has 23 heavy (non-hydrogen) atoms. The van der Waals surface area contributed by atoms with Gasteiger partial charge in [0.15, 0.2) is 5.78 Å². The summed E-state index contributed by atoms with van der Waals surface area (Å²) in [5.41, 5.74) is 3.19. The first-order chi connectivity index (χ1) is 11.2. The second-order valence-electron chi connectivity index (χ2n) is 6.04. The first-order valence-electron chi connectivity index (χ1n) is 8.06. The van der Waals surface area contributed by atoms with E-state index in [1.165, 1.54) is 6.42 Å².